The summed E-state index contributed by atoms with van der Waals surface area (Å²) in [4.78, 5) is 26.6. The Morgan fingerprint density at radius 3 is 2.95 bits per heavy atom. The van der Waals surface area contributed by atoms with Crippen molar-refractivity contribution in [3.05, 3.63) is 48.8 Å². The fourth-order valence-corrected chi connectivity index (χ4v) is 2.64. The second kappa shape index (κ2) is 6.98. The zero-order valence-electron chi connectivity index (χ0n) is 12.3. The molecule has 1 saturated heterocycles. The van der Waals surface area contributed by atoms with Gasteiger partial charge in [-0.05, 0) is 25.0 Å². The maximum absolute atomic E-state index is 12.3. The molecule has 1 aliphatic rings. The molecule has 0 spiro atoms. The first-order valence-corrected chi connectivity index (χ1v) is 7.39. The molecule has 6 heteroatoms. The summed E-state index contributed by atoms with van der Waals surface area (Å²) >= 11 is 0. The third-order valence-corrected chi connectivity index (χ3v) is 3.77. The number of rotatable bonds is 4. The Morgan fingerprint density at radius 2 is 2.18 bits per heavy atom. The van der Waals surface area contributed by atoms with Crippen LogP contribution in [-0.4, -0.2) is 45.5 Å². The molecular weight excluding hydrogens is 280 g/mol. The van der Waals surface area contributed by atoms with E-state index >= 15 is 0 Å². The molecule has 0 radical (unpaired) electrons. The van der Waals surface area contributed by atoms with Crippen LogP contribution in [0.4, 0.5) is 0 Å². The highest BCUT2D eigenvalue weighted by Crippen LogP contribution is 2.24. The number of ether oxygens (including phenoxy) is 1. The van der Waals surface area contributed by atoms with Crippen molar-refractivity contribution in [3.8, 4) is 5.75 Å². The normalized spacial score (nSPS) is 18.0. The number of nitrogens with zero attached hydrogens (tertiary/aromatic N) is 4. The summed E-state index contributed by atoms with van der Waals surface area (Å²) in [7, 11) is 0. The van der Waals surface area contributed by atoms with Crippen LogP contribution < -0.4 is 4.74 Å². The van der Waals surface area contributed by atoms with Gasteiger partial charge in [0.1, 0.15) is 5.75 Å². The zero-order valence-corrected chi connectivity index (χ0v) is 12.3. The number of amides is 1. The summed E-state index contributed by atoms with van der Waals surface area (Å²) in [5.74, 6) is 0.862. The standard InChI is InChI=1S/C16H18N4O2/c21-16(12-22-14-4-1-5-17-9-14)20-8-2-3-13(11-20)15-10-18-6-7-19-15/h1,4-7,9-10,13H,2-3,8,11-12H2. The molecule has 2 aromatic heterocycles. The molecule has 114 valence electrons. The lowest BCUT2D eigenvalue weighted by atomic mass is 9.95. The van der Waals surface area contributed by atoms with Crippen molar-refractivity contribution < 1.29 is 9.53 Å². The Morgan fingerprint density at radius 1 is 1.27 bits per heavy atom. The Hall–Kier alpha value is -2.50. The molecule has 0 aliphatic carbocycles. The number of hydrogen-bond donors (Lipinski definition) is 0. The molecule has 1 aliphatic heterocycles. The molecule has 1 fully saturated rings. The van der Waals surface area contributed by atoms with E-state index in [1.807, 2.05) is 4.90 Å². The SMILES string of the molecule is O=C(COc1cccnc1)N1CCCC(c2cnccn2)C1. The van der Waals surface area contributed by atoms with Crippen molar-refractivity contribution in [2.45, 2.75) is 18.8 Å². The van der Waals surface area contributed by atoms with E-state index in [9.17, 15) is 4.79 Å². The summed E-state index contributed by atoms with van der Waals surface area (Å²) in [5, 5.41) is 0. The molecule has 2 aromatic rings. The van der Waals surface area contributed by atoms with Crippen LogP contribution in [0.3, 0.4) is 0 Å². The zero-order chi connectivity index (χ0) is 15.2. The van der Waals surface area contributed by atoms with Crippen molar-refractivity contribution in [2.75, 3.05) is 19.7 Å². The third kappa shape index (κ3) is 3.58. The fraction of sp³-hybridized carbons (Fsp3) is 0.375. The maximum atomic E-state index is 12.3. The van der Waals surface area contributed by atoms with Crippen LogP contribution in [0.1, 0.15) is 24.5 Å². The highest BCUT2D eigenvalue weighted by atomic mass is 16.5. The fourth-order valence-electron chi connectivity index (χ4n) is 2.64. The number of piperidine rings is 1. The van der Waals surface area contributed by atoms with Crippen LogP contribution in [0.25, 0.3) is 0 Å². The van der Waals surface area contributed by atoms with Crippen LogP contribution in [0, 0.1) is 0 Å². The van der Waals surface area contributed by atoms with Gasteiger partial charge in [-0.2, -0.15) is 0 Å². The molecule has 0 aromatic carbocycles. The predicted octanol–water partition coefficient (Wildman–Crippen LogP) is 1.66. The first-order valence-electron chi connectivity index (χ1n) is 7.39. The maximum Gasteiger partial charge on any atom is 0.260 e. The molecule has 0 saturated carbocycles. The van der Waals surface area contributed by atoms with E-state index in [0.717, 1.165) is 25.1 Å². The average molecular weight is 298 g/mol. The number of hydrogen-bond acceptors (Lipinski definition) is 5. The molecule has 1 unspecified atom stereocenters. The number of carbonyl (C=O) groups is 1. The van der Waals surface area contributed by atoms with Crippen molar-refractivity contribution in [2.24, 2.45) is 0 Å². The Bertz CT molecular complexity index is 606. The summed E-state index contributed by atoms with van der Waals surface area (Å²) in [5.41, 5.74) is 0.952. The minimum absolute atomic E-state index is 0.00237. The first-order chi connectivity index (χ1) is 10.8. The van der Waals surface area contributed by atoms with Gasteiger partial charge in [0.05, 0.1) is 11.9 Å². The van der Waals surface area contributed by atoms with Gasteiger partial charge < -0.3 is 9.64 Å². The van der Waals surface area contributed by atoms with Crippen LogP contribution in [0.15, 0.2) is 43.1 Å². The first kappa shape index (κ1) is 14.4. The van der Waals surface area contributed by atoms with Crippen LogP contribution in [-0.2, 0) is 4.79 Å². The van der Waals surface area contributed by atoms with Gasteiger partial charge in [-0.1, -0.05) is 0 Å². The second-order valence-corrected chi connectivity index (χ2v) is 5.29. The molecule has 1 atom stereocenters. The molecule has 6 nitrogen and oxygen atoms in total. The van der Waals surface area contributed by atoms with Gasteiger partial charge in [0.2, 0.25) is 0 Å². The van der Waals surface area contributed by atoms with E-state index in [1.165, 1.54) is 0 Å². The number of aromatic nitrogens is 3. The summed E-state index contributed by atoms with van der Waals surface area (Å²) < 4.78 is 5.48. The molecule has 0 bridgehead atoms. The highest BCUT2D eigenvalue weighted by Gasteiger charge is 2.25. The van der Waals surface area contributed by atoms with E-state index in [2.05, 4.69) is 15.0 Å². The van der Waals surface area contributed by atoms with Gasteiger partial charge in [0, 0.05) is 43.8 Å². The van der Waals surface area contributed by atoms with Gasteiger partial charge in [-0.25, -0.2) is 0 Å². The second-order valence-electron chi connectivity index (χ2n) is 5.29. The molecule has 3 heterocycles. The van der Waals surface area contributed by atoms with Gasteiger partial charge in [0.15, 0.2) is 6.61 Å². The summed E-state index contributed by atoms with van der Waals surface area (Å²) in [6.07, 6.45) is 10.4. The molecule has 0 N–H and O–H groups in total. The average Bonchev–Trinajstić information content (AvgIpc) is 2.61. The van der Waals surface area contributed by atoms with Crippen LogP contribution in [0.5, 0.6) is 5.75 Å². The van der Waals surface area contributed by atoms with Crippen LogP contribution >= 0.6 is 0 Å². The van der Waals surface area contributed by atoms with E-state index in [1.54, 1.807) is 43.1 Å². The Balaban J connectivity index is 1.56. The summed E-state index contributed by atoms with van der Waals surface area (Å²) in [6.45, 7) is 1.48. The largest absolute Gasteiger partial charge is 0.482 e. The topological polar surface area (TPSA) is 68.2 Å². The van der Waals surface area contributed by atoms with E-state index < -0.39 is 0 Å². The van der Waals surface area contributed by atoms with Gasteiger partial charge in [0.25, 0.3) is 5.91 Å². The summed E-state index contributed by atoms with van der Waals surface area (Å²) in [6, 6.07) is 3.57. The van der Waals surface area contributed by atoms with Gasteiger partial charge in [-0.3, -0.25) is 19.7 Å². The molecule has 22 heavy (non-hydrogen) atoms. The van der Waals surface area contributed by atoms with Crippen molar-refractivity contribution in [1.29, 1.82) is 0 Å². The smallest absolute Gasteiger partial charge is 0.260 e. The monoisotopic (exact) mass is 298 g/mol. The van der Waals surface area contributed by atoms with Crippen LogP contribution in [0.2, 0.25) is 0 Å². The quantitative estimate of drug-likeness (QED) is 0.858. The van der Waals surface area contributed by atoms with Gasteiger partial charge in [-0.15, -0.1) is 0 Å². The number of pyridine rings is 1. The number of likely N-dealkylation sites (tertiary alicyclic amines) is 1. The lowest BCUT2D eigenvalue weighted by molar-refractivity contribution is -0.134. The third-order valence-electron chi connectivity index (χ3n) is 3.77. The van der Waals surface area contributed by atoms with Crippen molar-refractivity contribution in [1.82, 2.24) is 19.9 Å². The minimum Gasteiger partial charge on any atom is -0.482 e. The Labute approximate surface area is 129 Å². The van der Waals surface area contributed by atoms with Gasteiger partial charge >= 0.3 is 0 Å². The highest BCUT2D eigenvalue weighted by molar-refractivity contribution is 5.78. The van der Waals surface area contributed by atoms with Crippen molar-refractivity contribution >= 4 is 5.91 Å². The predicted molar refractivity (Wildman–Crippen MR) is 80.3 cm³/mol. The van der Waals surface area contributed by atoms with Crippen molar-refractivity contribution in [3.63, 3.8) is 0 Å². The van der Waals surface area contributed by atoms with E-state index in [-0.39, 0.29) is 18.4 Å². The lowest BCUT2D eigenvalue weighted by Crippen LogP contribution is -2.41. The number of carbonyl (C=O) groups excluding carboxylic acids is 1. The minimum atomic E-state index is -0.00237. The Kier molecular flexibility index (Phi) is 4.58. The van der Waals surface area contributed by atoms with E-state index in [4.69, 9.17) is 4.74 Å². The van der Waals surface area contributed by atoms with E-state index in [0.29, 0.717) is 12.3 Å². The lowest BCUT2D eigenvalue weighted by Gasteiger charge is -2.32. The molecule has 3 rings (SSSR count). The molecular formula is C16H18N4O2. The molecule has 1 amide bonds.